The van der Waals surface area contributed by atoms with Gasteiger partial charge in [-0.25, -0.2) is 4.98 Å². The van der Waals surface area contributed by atoms with Gasteiger partial charge in [0, 0.05) is 24.2 Å². The molecule has 0 unspecified atom stereocenters. The molecule has 0 amide bonds. The first-order valence-electron chi connectivity index (χ1n) is 6.53. The Bertz CT molecular complexity index is 763. The van der Waals surface area contributed by atoms with Crippen molar-refractivity contribution < 1.29 is 4.74 Å². The molecule has 108 valence electrons. The van der Waals surface area contributed by atoms with E-state index in [2.05, 4.69) is 15.4 Å². The largest absolute Gasteiger partial charge is 0.495 e. The summed E-state index contributed by atoms with van der Waals surface area (Å²) in [5, 5.41) is 10.5. The summed E-state index contributed by atoms with van der Waals surface area (Å²) < 4.78 is 7.14. The fourth-order valence-corrected chi connectivity index (χ4v) is 2.89. The van der Waals surface area contributed by atoms with Crippen molar-refractivity contribution in [2.45, 2.75) is 6.92 Å². The maximum absolute atomic E-state index is 5.33. The van der Waals surface area contributed by atoms with Crippen molar-refractivity contribution in [1.29, 1.82) is 0 Å². The van der Waals surface area contributed by atoms with Crippen molar-refractivity contribution in [3.63, 3.8) is 0 Å². The lowest BCUT2D eigenvalue weighted by molar-refractivity contribution is 0.417. The van der Waals surface area contributed by atoms with E-state index in [4.69, 9.17) is 4.74 Å². The molecule has 0 fully saturated rings. The standard InChI is InChI=1S/C15H16N4OS/c1-10-11(8-19(2)18-10)13-9-21-15(17-13)16-12-6-4-5-7-14(12)20-3/h4-9H,1-3H3,(H,16,17). The van der Waals surface area contributed by atoms with Crippen molar-refractivity contribution in [2.24, 2.45) is 7.05 Å². The number of aromatic nitrogens is 3. The van der Waals surface area contributed by atoms with E-state index in [0.717, 1.165) is 33.5 Å². The van der Waals surface area contributed by atoms with E-state index in [9.17, 15) is 0 Å². The molecule has 0 saturated heterocycles. The van der Waals surface area contributed by atoms with Gasteiger partial charge in [0.15, 0.2) is 5.13 Å². The van der Waals surface area contributed by atoms with Crippen LogP contribution in [0.4, 0.5) is 10.8 Å². The number of aryl methyl sites for hydroxylation is 2. The molecular weight excluding hydrogens is 284 g/mol. The van der Waals surface area contributed by atoms with Crippen molar-refractivity contribution >= 4 is 22.2 Å². The van der Waals surface area contributed by atoms with Crippen LogP contribution in [0.5, 0.6) is 5.75 Å². The predicted octanol–water partition coefficient (Wildman–Crippen LogP) is 3.60. The number of hydrogen-bond acceptors (Lipinski definition) is 5. The SMILES string of the molecule is COc1ccccc1Nc1nc(-c2cn(C)nc2C)cs1. The van der Waals surface area contributed by atoms with E-state index in [-0.39, 0.29) is 0 Å². The Hall–Kier alpha value is -2.34. The third-order valence-electron chi connectivity index (χ3n) is 3.14. The van der Waals surface area contributed by atoms with E-state index < -0.39 is 0 Å². The second-order valence-corrected chi connectivity index (χ2v) is 5.52. The van der Waals surface area contributed by atoms with Gasteiger partial charge >= 0.3 is 0 Å². The molecule has 0 aliphatic heterocycles. The van der Waals surface area contributed by atoms with Crippen molar-refractivity contribution in [3.05, 3.63) is 41.5 Å². The Morgan fingerprint density at radius 2 is 2.10 bits per heavy atom. The lowest BCUT2D eigenvalue weighted by Crippen LogP contribution is -1.93. The highest BCUT2D eigenvalue weighted by molar-refractivity contribution is 7.14. The van der Waals surface area contributed by atoms with Gasteiger partial charge in [-0.05, 0) is 19.1 Å². The highest BCUT2D eigenvalue weighted by Gasteiger charge is 2.11. The van der Waals surface area contributed by atoms with E-state index in [0.29, 0.717) is 0 Å². The van der Waals surface area contributed by atoms with Crippen LogP contribution in [0.15, 0.2) is 35.8 Å². The minimum atomic E-state index is 0.798. The molecule has 3 rings (SSSR count). The van der Waals surface area contributed by atoms with Gasteiger partial charge in [-0.15, -0.1) is 11.3 Å². The van der Waals surface area contributed by atoms with Crippen LogP contribution in [0.2, 0.25) is 0 Å². The lowest BCUT2D eigenvalue weighted by Gasteiger charge is -2.07. The van der Waals surface area contributed by atoms with Gasteiger partial charge < -0.3 is 10.1 Å². The van der Waals surface area contributed by atoms with Crippen LogP contribution in [0.25, 0.3) is 11.3 Å². The van der Waals surface area contributed by atoms with Gasteiger partial charge in [0.1, 0.15) is 5.75 Å². The quantitative estimate of drug-likeness (QED) is 0.800. The average Bonchev–Trinajstić information content (AvgIpc) is 3.06. The number of rotatable bonds is 4. The zero-order valence-corrected chi connectivity index (χ0v) is 12.9. The number of methoxy groups -OCH3 is 1. The Balaban J connectivity index is 1.87. The fourth-order valence-electron chi connectivity index (χ4n) is 2.17. The summed E-state index contributed by atoms with van der Waals surface area (Å²) in [5.41, 5.74) is 3.88. The molecule has 0 radical (unpaired) electrons. The number of thiazole rings is 1. The monoisotopic (exact) mass is 300 g/mol. The first kappa shape index (κ1) is 13.6. The number of para-hydroxylation sites is 2. The summed E-state index contributed by atoms with van der Waals surface area (Å²) in [6, 6.07) is 7.79. The zero-order valence-electron chi connectivity index (χ0n) is 12.1. The molecule has 3 aromatic rings. The van der Waals surface area contributed by atoms with Crippen LogP contribution in [0, 0.1) is 6.92 Å². The predicted molar refractivity (Wildman–Crippen MR) is 85.3 cm³/mol. The maximum atomic E-state index is 5.33. The Morgan fingerprint density at radius 1 is 1.29 bits per heavy atom. The Morgan fingerprint density at radius 3 is 2.81 bits per heavy atom. The van der Waals surface area contributed by atoms with Crippen molar-refractivity contribution in [2.75, 3.05) is 12.4 Å². The number of anilines is 2. The minimum Gasteiger partial charge on any atom is -0.495 e. The first-order valence-corrected chi connectivity index (χ1v) is 7.41. The first-order chi connectivity index (χ1) is 10.2. The van der Waals surface area contributed by atoms with Gasteiger partial charge in [0.2, 0.25) is 0 Å². The molecular formula is C15H16N4OS. The topological polar surface area (TPSA) is 52.0 Å². The van der Waals surface area contributed by atoms with Gasteiger partial charge in [-0.2, -0.15) is 5.10 Å². The lowest BCUT2D eigenvalue weighted by atomic mass is 10.2. The van der Waals surface area contributed by atoms with Crippen LogP contribution < -0.4 is 10.1 Å². The number of ether oxygens (including phenoxy) is 1. The Labute approximate surface area is 127 Å². The van der Waals surface area contributed by atoms with Crippen LogP contribution in [0.3, 0.4) is 0 Å². The van der Waals surface area contributed by atoms with Crippen LogP contribution in [0.1, 0.15) is 5.69 Å². The molecule has 0 saturated carbocycles. The number of nitrogens with zero attached hydrogens (tertiary/aromatic N) is 3. The Kier molecular flexibility index (Phi) is 3.62. The molecule has 6 heteroatoms. The number of nitrogens with one attached hydrogen (secondary N) is 1. The summed E-state index contributed by atoms with van der Waals surface area (Å²) in [6.45, 7) is 1.99. The third-order valence-corrected chi connectivity index (χ3v) is 3.90. The highest BCUT2D eigenvalue weighted by atomic mass is 32.1. The smallest absolute Gasteiger partial charge is 0.187 e. The van der Waals surface area contributed by atoms with Gasteiger partial charge in [-0.1, -0.05) is 12.1 Å². The molecule has 5 nitrogen and oxygen atoms in total. The summed E-state index contributed by atoms with van der Waals surface area (Å²) in [6.07, 6.45) is 1.98. The molecule has 0 atom stereocenters. The van der Waals surface area contributed by atoms with E-state index in [1.165, 1.54) is 0 Å². The van der Waals surface area contributed by atoms with Crippen LogP contribution >= 0.6 is 11.3 Å². The fraction of sp³-hybridized carbons (Fsp3) is 0.200. The van der Waals surface area contributed by atoms with E-state index >= 15 is 0 Å². The summed E-state index contributed by atoms with van der Waals surface area (Å²) in [5.74, 6) is 0.798. The average molecular weight is 300 g/mol. The normalized spacial score (nSPS) is 10.6. The summed E-state index contributed by atoms with van der Waals surface area (Å²) in [4.78, 5) is 4.62. The molecule has 2 aromatic heterocycles. The second kappa shape index (κ2) is 5.57. The minimum absolute atomic E-state index is 0.798. The van der Waals surface area contributed by atoms with Crippen LogP contribution in [-0.2, 0) is 7.05 Å². The number of hydrogen-bond donors (Lipinski definition) is 1. The van der Waals surface area contributed by atoms with Crippen molar-refractivity contribution in [3.8, 4) is 17.0 Å². The van der Waals surface area contributed by atoms with Gasteiger partial charge in [0.05, 0.1) is 24.2 Å². The number of benzene rings is 1. The van der Waals surface area contributed by atoms with E-state index in [1.54, 1.807) is 23.1 Å². The summed E-state index contributed by atoms with van der Waals surface area (Å²) in [7, 11) is 3.57. The molecule has 1 aromatic carbocycles. The second-order valence-electron chi connectivity index (χ2n) is 4.67. The third kappa shape index (κ3) is 2.75. The molecule has 0 bridgehead atoms. The summed E-state index contributed by atoms with van der Waals surface area (Å²) >= 11 is 1.56. The highest BCUT2D eigenvalue weighted by Crippen LogP contribution is 2.31. The van der Waals surface area contributed by atoms with Gasteiger partial charge in [-0.3, -0.25) is 4.68 Å². The van der Waals surface area contributed by atoms with Gasteiger partial charge in [0.25, 0.3) is 0 Å². The maximum Gasteiger partial charge on any atom is 0.187 e. The molecule has 0 aliphatic carbocycles. The molecule has 2 heterocycles. The zero-order chi connectivity index (χ0) is 14.8. The molecule has 0 spiro atoms. The van der Waals surface area contributed by atoms with Crippen LogP contribution in [-0.4, -0.2) is 21.9 Å². The molecule has 1 N–H and O–H groups in total. The molecule has 0 aliphatic rings. The van der Waals surface area contributed by atoms with E-state index in [1.807, 2.05) is 49.8 Å². The molecule has 21 heavy (non-hydrogen) atoms. The van der Waals surface area contributed by atoms with Crippen molar-refractivity contribution in [1.82, 2.24) is 14.8 Å².